The van der Waals surface area contributed by atoms with Gasteiger partial charge in [-0.25, -0.2) is 4.79 Å². The molecule has 3 saturated carbocycles. The maximum atomic E-state index is 12.8. The van der Waals surface area contributed by atoms with Crippen molar-refractivity contribution in [3.63, 3.8) is 0 Å². The molecule has 6 rings (SSSR count). The topological polar surface area (TPSA) is 152 Å². The van der Waals surface area contributed by atoms with Gasteiger partial charge in [-0.05, 0) is 25.5 Å². The van der Waals surface area contributed by atoms with Crippen LogP contribution in [0.25, 0.3) is 0 Å². The van der Waals surface area contributed by atoms with Gasteiger partial charge in [-0.15, -0.1) is 0 Å². The van der Waals surface area contributed by atoms with Crippen LogP contribution in [0.5, 0.6) is 0 Å². The molecule has 0 amide bonds. The Kier molecular flexibility index (Phi) is 5.41. The van der Waals surface area contributed by atoms with Crippen LogP contribution in [0.15, 0.2) is 30.3 Å². The zero-order valence-corrected chi connectivity index (χ0v) is 18.1. The highest BCUT2D eigenvalue weighted by Crippen LogP contribution is 2.71. The first-order valence-corrected chi connectivity index (χ1v) is 11.1. The Balaban J connectivity index is 1.42. The molecular weight excluding hydrogens is 436 g/mol. The summed E-state index contributed by atoms with van der Waals surface area (Å²) in [6.45, 7) is 1.13. The molecule has 4 N–H and O–H groups in total. The summed E-state index contributed by atoms with van der Waals surface area (Å²) >= 11 is 0. The van der Waals surface area contributed by atoms with Gasteiger partial charge in [0, 0.05) is 12.3 Å². The third-order valence-electron chi connectivity index (χ3n) is 8.00. The Morgan fingerprint density at radius 1 is 1.15 bits per heavy atom. The quantitative estimate of drug-likeness (QED) is 0.393. The Hall–Kier alpha value is -1.92. The molecule has 9 atom stereocenters. The van der Waals surface area contributed by atoms with Gasteiger partial charge in [-0.1, -0.05) is 18.2 Å². The molecule has 2 heterocycles. The van der Waals surface area contributed by atoms with Crippen LogP contribution in [0.1, 0.15) is 30.1 Å². The van der Waals surface area contributed by atoms with Gasteiger partial charge in [0.1, 0.15) is 48.0 Å². The summed E-state index contributed by atoms with van der Waals surface area (Å²) in [5, 5.41) is 40.3. The van der Waals surface area contributed by atoms with E-state index in [0.29, 0.717) is 5.56 Å². The van der Waals surface area contributed by atoms with Crippen LogP contribution in [-0.2, 0) is 23.7 Å². The van der Waals surface area contributed by atoms with Gasteiger partial charge < -0.3 is 39.4 Å². The van der Waals surface area contributed by atoms with Crippen molar-refractivity contribution in [1.82, 2.24) is 0 Å². The maximum absolute atomic E-state index is 12.8. The number of Topliss-reactive ketones (excluding diaryl/α,β-unsaturated/α-hetero) is 1. The molecule has 5 aliphatic rings. The minimum Gasteiger partial charge on any atom is -0.461 e. The molecule has 1 aromatic rings. The van der Waals surface area contributed by atoms with Crippen molar-refractivity contribution in [2.75, 3.05) is 19.8 Å². The lowest BCUT2D eigenvalue weighted by Crippen LogP contribution is -2.79. The van der Waals surface area contributed by atoms with Crippen LogP contribution >= 0.6 is 0 Å². The van der Waals surface area contributed by atoms with E-state index in [1.54, 1.807) is 37.3 Å². The first-order valence-electron chi connectivity index (χ1n) is 11.1. The van der Waals surface area contributed by atoms with Crippen molar-refractivity contribution in [3.8, 4) is 0 Å². The molecule has 2 aliphatic heterocycles. The van der Waals surface area contributed by atoms with Gasteiger partial charge >= 0.3 is 5.97 Å². The van der Waals surface area contributed by atoms with Crippen molar-refractivity contribution in [2.45, 2.75) is 61.7 Å². The molecule has 10 nitrogen and oxygen atoms in total. The standard InChI is InChI=1S/C23H28O10/c1-21-8-14(25)13-7-23(21,33-20-18(28)17(27)16(26)15(9-24)32-20)22(13,11-31-21)10-30-19(29)12-5-3-2-4-6-12/h2-6,13,15-18,20,24,26-28H,7-11H2,1H3/t13-,15+,16+,17-,18+,20-,21-,22+,23-/m0/s1. The Morgan fingerprint density at radius 2 is 1.88 bits per heavy atom. The molecule has 0 radical (unpaired) electrons. The van der Waals surface area contributed by atoms with Gasteiger partial charge in [0.15, 0.2) is 6.29 Å². The zero-order valence-electron chi connectivity index (χ0n) is 18.1. The van der Waals surface area contributed by atoms with E-state index in [0.717, 1.165) is 0 Å². The fourth-order valence-electron chi connectivity index (χ4n) is 6.04. The number of ketones is 1. The lowest BCUT2D eigenvalue weighted by Gasteiger charge is -2.66. The van der Waals surface area contributed by atoms with E-state index in [2.05, 4.69) is 0 Å². The molecule has 0 spiro atoms. The van der Waals surface area contributed by atoms with Crippen LogP contribution in [0.2, 0.25) is 0 Å². The molecule has 2 saturated heterocycles. The fourth-order valence-corrected chi connectivity index (χ4v) is 6.04. The van der Waals surface area contributed by atoms with Crippen molar-refractivity contribution in [1.29, 1.82) is 0 Å². The van der Waals surface area contributed by atoms with Crippen LogP contribution < -0.4 is 0 Å². The average molecular weight is 464 g/mol. The van der Waals surface area contributed by atoms with E-state index in [1.165, 1.54) is 0 Å². The monoisotopic (exact) mass is 464 g/mol. The van der Waals surface area contributed by atoms with Gasteiger partial charge in [0.25, 0.3) is 0 Å². The first kappa shape index (κ1) is 22.9. The summed E-state index contributed by atoms with van der Waals surface area (Å²) in [4.78, 5) is 25.5. The molecule has 4 bridgehead atoms. The van der Waals surface area contributed by atoms with E-state index in [4.69, 9.17) is 18.9 Å². The highest BCUT2D eigenvalue weighted by atomic mass is 16.7. The van der Waals surface area contributed by atoms with Crippen LogP contribution in [0, 0.1) is 11.3 Å². The van der Waals surface area contributed by atoms with Crippen LogP contribution in [-0.4, -0.2) is 93.9 Å². The van der Waals surface area contributed by atoms with E-state index < -0.39 is 65.8 Å². The number of rotatable bonds is 6. The second-order valence-corrected chi connectivity index (χ2v) is 9.66. The minimum absolute atomic E-state index is 0.00922. The SMILES string of the molecule is C[C@]12CC(=O)[C@@H]3C[C@@]1(O[C@@H]1O[C@H](CO)[C@@H](O)[C@H](O)[C@H]1O)[C@]3(COC(=O)c1ccccc1)CO2. The number of aliphatic hydroxyl groups is 4. The average Bonchev–Trinajstić information content (AvgIpc) is 2.90. The second-order valence-electron chi connectivity index (χ2n) is 9.66. The van der Waals surface area contributed by atoms with E-state index in [1.807, 2.05) is 0 Å². The minimum atomic E-state index is -1.60. The molecule has 1 aromatic carbocycles. The van der Waals surface area contributed by atoms with Gasteiger partial charge in [-0.2, -0.15) is 0 Å². The predicted molar refractivity (Wildman–Crippen MR) is 109 cm³/mol. The summed E-state index contributed by atoms with van der Waals surface area (Å²) in [7, 11) is 0. The number of hydrogen-bond acceptors (Lipinski definition) is 10. The summed E-state index contributed by atoms with van der Waals surface area (Å²) < 4.78 is 23.6. The maximum Gasteiger partial charge on any atom is 0.338 e. The Morgan fingerprint density at radius 3 is 2.58 bits per heavy atom. The summed E-state index contributed by atoms with van der Waals surface area (Å²) in [6.07, 6.45) is -6.88. The predicted octanol–water partition coefficient (Wildman–Crippen LogP) is -0.833. The molecule has 10 heteroatoms. The molecule has 3 aliphatic carbocycles. The van der Waals surface area contributed by atoms with E-state index in [-0.39, 0.29) is 31.8 Å². The van der Waals surface area contributed by atoms with E-state index >= 15 is 0 Å². The first-order chi connectivity index (χ1) is 15.7. The van der Waals surface area contributed by atoms with E-state index in [9.17, 15) is 30.0 Å². The van der Waals surface area contributed by atoms with Crippen molar-refractivity contribution >= 4 is 11.8 Å². The number of aliphatic hydroxyl groups excluding tert-OH is 4. The van der Waals surface area contributed by atoms with Gasteiger partial charge in [0.2, 0.25) is 0 Å². The van der Waals surface area contributed by atoms with Crippen LogP contribution in [0.4, 0.5) is 0 Å². The Bertz CT molecular complexity index is 936. The molecule has 33 heavy (non-hydrogen) atoms. The number of carbonyl (C=O) groups is 2. The lowest BCUT2D eigenvalue weighted by atomic mass is 9.41. The number of esters is 1. The molecule has 180 valence electrons. The van der Waals surface area contributed by atoms with Crippen molar-refractivity contribution in [3.05, 3.63) is 35.9 Å². The summed E-state index contributed by atoms with van der Waals surface area (Å²) in [6, 6.07) is 8.47. The van der Waals surface area contributed by atoms with Gasteiger partial charge in [-0.3, -0.25) is 4.79 Å². The number of ether oxygens (including phenoxy) is 4. The Labute approximate surface area is 190 Å². The van der Waals surface area contributed by atoms with Crippen molar-refractivity contribution < 1.29 is 49.0 Å². The smallest absolute Gasteiger partial charge is 0.338 e. The second kappa shape index (κ2) is 7.81. The number of fused-ring (bicyclic) bond motifs is 1. The summed E-state index contributed by atoms with van der Waals surface area (Å²) in [5.74, 6) is -1.01. The normalized spacial score (nSPS) is 46.0. The third kappa shape index (κ3) is 3.06. The number of hydrogen-bond donors (Lipinski definition) is 4. The lowest BCUT2D eigenvalue weighted by molar-refractivity contribution is -0.378. The molecular formula is C23H28O10. The molecule has 0 unspecified atom stereocenters. The van der Waals surface area contributed by atoms with Crippen molar-refractivity contribution in [2.24, 2.45) is 11.3 Å². The van der Waals surface area contributed by atoms with Crippen LogP contribution in [0.3, 0.4) is 0 Å². The zero-order chi connectivity index (χ0) is 23.6. The third-order valence-corrected chi connectivity index (χ3v) is 8.00. The van der Waals surface area contributed by atoms with Gasteiger partial charge in [0.05, 0.1) is 24.2 Å². The molecule has 5 fully saturated rings. The molecule has 0 aromatic heterocycles. The number of carbonyl (C=O) groups excluding carboxylic acids is 2. The fraction of sp³-hybridized carbons (Fsp3) is 0.652. The highest BCUT2D eigenvalue weighted by molar-refractivity contribution is 5.90. The highest BCUT2D eigenvalue weighted by Gasteiger charge is 2.84. The largest absolute Gasteiger partial charge is 0.461 e. The summed E-state index contributed by atoms with van der Waals surface area (Å²) in [5.41, 5.74) is -2.81. The number of benzene rings is 1.